The SMILES string of the molecule is Cc1ccc([S@@](=O)[C@@H](C)Br)cc1. The van der Waals surface area contributed by atoms with E-state index in [2.05, 4.69) is 15.9 Å². The van der Waals surface area contributed by atoms with Crippen molar-refractivity contribution >= 4 is 26.7 Å². The summed E-state index contributed by atoms with van der Waals surface area (Å²) in [6.45, 7) is 3.90. The van der Waals surface area contributed by atoms with E-state index in [1.54, 1.807) is 0 Å². The summed E-state index contributed by atoms with van der Waals surface area (Å²) in [5.74, 6) is 0. The first-order valence-electron chi connectivity index (χ1n) is 3.72. The molecule has 2 atom stereocenters. The van der Waals surface area contributed by atoms with Crippen LogP contribution >= 0.6 is 15.9 Å². The van der Waals surface area contributed by atoms with Gasteiger partial charge in [-0.1, -0.05) is 33.6 Å². The van der Waals surface area contributed by atoms with Crippen LogP contribution < -0.4 is 0 Å². The molecule has 1 aromatic carbocycles. The lowest BCUT2D eigenvalue weighted by Gasteiger charge is -2.03. The topological polar surface area (TPSA) is 17.1 Å². The van der Waals surface area contributed by atoms with Crippen LogP contribution in [0.5, 0.6) is 0 Å². The number of aryl methyl sites for hydroxylation is 1. The molecule has 0 amide bonds. The van der Waals surface area contributed by atoms with Gasteiger partial charge in [-0.2, -0.15) is 0 Å². The molecular weight excluding hydrogens is 236 g/mol. The normalized spacial score (nSPS) is 15.6. The quantitative estimate of drug-likeness (QED) is 0.734. The Kier molecular flexibility index (Phi) is 3.47. The number of benzene rings is 1. The average molecular weight is 247 g/mol. The lowest BCUT2D eigenvalue weighted by molar-refractivity contribution is 0.682. The van der Waals surface area contributed by atoms with Crippen LogP contribution in [0.1, 0.15) is 12.5 Å². The minimum Gasteiger partial charge on any atom is -0.253 e. The molecule has 0 radical (unpaired) electrons. The average Bonchev–Trinajstić information content (AvgIpc) is 2.04. The molecule has 0 bridgehead atoms. The van der Waals surface area contributed by atoms with Crippen LogP contribution in [0.15, 0.2) is 29.2 Å². The Bertz CT molecular complexity index is 279. The highest BCUT2D eigenvalue weighted by molar-refractivity contribution is 9.11. The highest BCUT2D eigenvalue weighted by Gasteiger charge is 2.08. The van der Waals surface area contributed by atoms with Gasteiger partial charge in [0.2, 0.25) is 0 Å². The number of halogens is 1. The Morgan fingerprint density at radius 3 is 2.25 bits per heavy atom. The molecule has 1 rings (SSSR count). The van der Waals surface area contributed by atoms with Crippen molar-refractivity contribution in [1.29, 1.82) is 0 Å². The van der Waals surface area contributed by atoms with Crippen molar-refractivity contribution in [2.24, 2.45) is 0 Å². The van der Waals surface area contributed by atoms with Crippen LogP contribution in [0.2, 0.25) is 0 Å². The third kappa shape index (κ3) is 2.42. The van der Waals surface area contributed by atoms with Crippen LogP contribution in [0.25, 0.3) is 0 Å². The molecule has 66 valence electrons. The Labute approximate surface area is 83.8 Å². The van der Waals surface area contributed by atoms with Crippen LogP contribution in [0, 0.1) is 6.92 Å². The molecule has 0 saturated heterocycles. The number of rotatable bonds is 2. The van der Waals surface area contributed by atoms with E-state index < -0.39 is 10.8 Å². The molecule has 0 N–H and O–H groups in total. The van der Waals surface area contributed by atoms with Gasteiger partial charge in [0, 0.05) is 4.90 Å². The van der Waals surface area contributed by atoms with E-state index in [4.69, 9.17) is 0 Å². The molecule has 0 heterocycles. The zero-order chi connectivity index (χ0) is 9.14. The highest BCUT2D eigenvalue weighted by atomic mass is 79.9. The van der Waals surface area contributed by atoms with Crippen LogP contribution in [-0.4, -0.2) is 8.37 Å². The van der Waals surface area contributed by atoms with Gasteiger partial charge in [0.15, 0.2) is 0 Å². The summed E-state index contributed by atoms with van der Waals surface area (Å²) in [4.78, 5) is 0.880. The summed E-state index contributed by atoms with van der Waals surface area (Å²) >= 11 is 3.29. The van der Waals surface area contributed by atoms with Gasteiger partial charge in [0.1, 0.15) is 0 Å². The minimum absolute atomic E-state index is 0.0141. The summed E-state index contributed by atoms with van der Waals surface area (Å²) in [6.07, 6.45) is 0. The highest BCUT2D eigenvalue weighted by Crippen LogP contribution is 2.15. The van der Waals surface area contributed by atoms with E-state index in [-0.39, 0.29) is 4.16 Å². The van der Waals surface area contributed by atoms with Gasteiger partial charge >= 0.3 is 0 Å². The smallest absolute Gasteiger partial charge is 0.0917 e. The van der Waals surface area contributed by atoms with E-state index >= 15 is 0 Å². The zero-order valence-corrected chi connectivity index (χ0v) is 9.48. The second kappa shape index (κ2) is 4.19. The summed E-state index contributed by atoms with van der Waals surface area (Å²) in [5, 5.41) is 0. The molecule has 0 spiro atoms. The number of hydrogen-bond donors (Lipinski definition) is 0. The molecule has 0 aliphatic heterocycles. The molecule has 1 aromatic rings. The fourth-order valence-corrected chi connectivity index (χ4v) is 2.29. The number of hydrogen-bond acceptors (Lipinski definition) is 1. The molecule has 3 heteroatoms. The first kappa shape index (κ1) is 9.93. The second-order valence-electron chi connectivity index (χ2n) is 2.65. The maximum absolute atomic E-state index is 11.5. The monoisotopic (exact) mass is 246 g/mol. The van der Waals surface area contributed by atoms with Crippen molar-refractivity contribution in [3.63, 3.8) is 0 Å². The maximum Gasteiger partial charge on any atom is 0.0917 e. The molecule has 0 aliphatic carbocycles. The predicted octanol–water partition coefficient (Wildman–Crippen LogP) is 2.84. The Morgan fingerprint density at radius 2 is 1.83 bits per heavy atom. The fourth-order valence-electron chi connectivity index (χ4n) is 0.860. The maximum atomic E-state index is 11.5. The molecule has 12 heavy (non-hydrogen) atoms. The van der Waals surface area contributed by atoms with E-state index in [0.717, 1.165) is 4.90 Å². The first-order chi connectivity index (χ1) is 5.61. The van der Waals surface area contributed by atoms with Gasteiger partial charge in [-0.25, -0.2) is 0 Å². The van der Waals surface area contributed by atoms with Crippen LogP contribution in [-0.2, 0) is 10.8 Å². The lowest BCUT2D eigenvalue weighted by atomic mass is 10.2. The predicted molar refractivity (Wildman–Crippen MR) is 56.0 cm³/mol. The summed E-state index contributed by atoms with van der Waals surface area (Å²) in [5.41, 5.74) is 1.19. The Hall–Kier alpha value is -0.150. The standard InChI is InChI=1S/C9H11BrOS/c1-7-3-5-9(6-4-7)12(11)8(2)10/h3-6,8H,1-2H3/t8-,12-/m0/s1. The third-order valence-corrected chi connectivity index (χ3v) is 3.89. The van der Waals surface area contributed by atoms with Crippen molar-refractivity contribution in [3.05, 3.63) is 29.8 Å². The second-order valence-corrected chi connectivity index (χ2v) is 6.41. The Morgan fingerprint density at radius 1 is 1.33 bits per heavy atom. The molecular formula is C9H11BrOS. The third-order valence-electron chi connectivity index (χ3n) is 1.55. The van der Waals surface area contributed by atoms with Gasteiger partial charge in [-0.3, -0.25) is 4.21 Å². The Balaban J connectivity index is 2.90. The minimum atomic E-state index is -0.927. The van der Waals surface area contributed by atoms with E-state index in [1.165, 1.54) is 5.56 Å². The zero-order valence-electron chi connectivity index (χ0n) is 7.08. The van der Waals surface area contributed by atoms with Crippen LogP contribution in [0.3, 0.4) is 0 Å². The van der Waals surface area contributed by atoms with Crippen molar-refractivity contribution in [3.8, 4) is 0 Å². The van der Waals surface area contributed by atoms with Gasteiger partial charge < -0.3 is 0 Å². The molecule has 0 aliphatic rings. The van der Waals surface area contributed by atoms with Crippen LogP contribution in [0.4, 0.5) is 0 Å². The van der Waals surface area contributed by atoms with Gasteiger partial charge in [-0.05, 0) is 26.0 Å². The first-order valence-corrected chi connectivity index (χ1v) is 5.85. The largest absolute Gasteiger partial charge is 0.253 e. The van der Waals surface area contributed by atoms with E-state index in [0.29, 0.717) is 0 Å². The summed E-state index contributed by atoms with van der Waals surface area (Å²) < 4.78 is 11.5. The van der Waals surface area contributed by atoms with Gasteiger partial charge in [0.05, 0.1) is 15.0 Å². The molecule has 0 aromatic heterocycles. The molecule has 1 nitrogen and oxygen atoms in total. The van der Waals surface area contributed by atoms with Gasteiger partial charge in [-0.15, -0.1) is 0 Å². The summed E-state index contributed by atoms with van der Waals surface area (Å²) in [6, 6.07) is 7.76. The van der Waals surface area contributed by atoms with Crippen molar-refractivity contribution < 1.29 is 4.21 Å². The van der Waals surface area contributed by atoms with E-state index in [9.17, 15) is 4.21 Å². The van der Waals surface area contributed by atoms with Crippen molar-refractivity contribution in [1.82, 2.24) is 0 Å². The molecule has 0 fully saturated rings. The van der Waals surface area contributed by atoms with E-state index in [1.807, 2.05) is 38.1 Å². The summed E-state index contributed by atoms with van der Waals surface area (Å²) in [7, 11) is -0.927. The lowest BCUT2D eigenvalue weighted by Crippen LogP contribution is -2.01. The fraction of sp³-hybridized carbons (Fsp3) is 0.333. The van der Waals surface area contributed by atoms with Crippen molar-refractivity contribution in [2.75, 3.05) is 0 Å². The van der Waals surface area contributed by atoms with Gasteiger partial charge in [0.25, 0.3) is 0 Å². The number of alkyl halides is 1. The van der Waals surface area contributed by atoms with Crippen molar-refractivity contribution in [2.45, 2.75) is 22.9 Å². The molecule has 0 unspecified atom stereocenters. The molecule has 0 saturated carbocycles.